The smallest absolute Gasteiger partial charge is 0.227 e. The molecule has 1 aromatic rings. The summed E-state index contributed by atoms with van der Waals surface area (Å²) >= 11 is 0. The minimum atomic E-state index is -0.342. The van der Waals surface area contributed by atoms with Crippen LogP contribution in [0.1, 0.15) is 29.6 Å². The molecule has 2 atom stereocenters. The van der Waals surface area contributed by atoms with Crippen molar-refractivity contribution in [2.75, 3.05) is 26.2 Å². The molecule has 23 heavy (non-hydrogen) atoms. The minimum absolute atomic E-state index is 0. The van der Waals surface area contributed by atoms with E-state index in [1.165, 1.54) is 24.3 Å². The van der Waals surface area contributed by atoms with Crippen LogP contribution in [-0.4, -0.2) is 42.8 Å². The molecule has 2 aliphatic rings. The molecule has 4 nitrogen and oxygen atoms in total. The number of piperidine rings is 1. The SMILES string of the molecule is Cl.O=C(c1ccc(F)cc1)C1CCCN(C(=O)C2CCNC2)C1. The number of ketones is 1. The van der Waals surface area contributed by atoms with E-state index >= 15 is 0 Å². The zero-order chi connectivity index (χ0) is 15.5. The van der Waals surface area contributed by atoms with Crippen molar-refractivity contribution in [3.8, 4) is 0 Å². The molecule has 3 rings (SSSR count). The number of nitrogens with one attached hydrogen (secondary N) is 1. The molecule has 0 spiro atoms. The van der Waals surface area contributed by atoms with Crippen LogP contribution in [0.15, 0.2) is 24.3 Å². The fourth-order valence-electron chi connectivity index (χ4n) is 3.36. The molecule has 2 fully saturated rings. The summed E-state index contributed by atoms with van der Waals surface area (Å²) in [6, 6.07) is 5.67. The van der Waals surface area contributed by atoms with E-state index in [1.807, 2.05) is 4.90 Å². The minimum Gasteiger partial charge on any atom is -0.342 e. The Morgan fingerprint density at radius 2 is 1.87 bits per heavy atom. The Morgan fingerprint density at radius 3 is 2.52 bits per heavy atom. The zero-order valence-corrected chi connectivity index (χ0v) is 13.8. The molecular formula is C17H22ClFN2O2. The summed E-state index contributed by atoms with van der Waals surface area (Å²) < 4.78 is 13.0. The predicted octanol–water partition coefficient (Wildman–Crippen LogP) is 2.28. The normalized spacial score (nSPS) is 24.1. The number of amides is 1. The molecular weight excluding hydrogens is 319 g/mol. The molecule has 1 aromatic carbocycles. The summed E-state index contributed by atoms with van der Waals surface area (Å²) in [5, 5.41) is 3.21. The maximum absolute atomic E-state index is 13.0. The van der Waals surface area contributed by atoms with Gasteiger partial charge < -0.3 is 10.2 Å². The summed E-state index contributed by atoms with van der Waals surface area (Å²) in [7, 11) is 0. The van der Waals surface area contributed by atoms with Crippen molar-refractivity contribution >= 4 is 24.1 Å². The van der Waals surface area contributed by atoms with Crippen LogP contribution in [0, 0.1) is 17.7 Å². The summed E-state index contributed by atoms with van der Waals surface area (Å²) in [5.41, 5.74) is 0.531. The lowest BCUT2D eigenvalue weighted by Crippen LogP contribution is -2.45. The van der Waals surface area contributed by atoms with Crippen molar-refractivity contribution in [3.05, 3.63) is 35.6 Å². The molecule has 1 N–H and O–H groups in total. The number of likely N-dealkylation sites (tertiary alicyclic amines) is 1. The van der Waals surface area contributed by atoms with Gasteiger partial charge in [-0.15, -0.1) is 12.4 Å². The number of nitrogens with zero attached hydrogens (tertiary/aromatic N) is 1. The average Bonchev–Trinajstić information content (AvgIpc) is 3.09. The Bertz CT molecular complexity index is 558. The third kappa shape index (κ3) is 4.09. The molecule has 1 amide bonds. The number of hydrogen-bond acceptors (Lipinski definition) is 3. The molecule has 2 aliphatic heterocycles. The van der Waals surface area contributed by atoms with E-state index in [0.29, 0.717) is 12.1 Å². The van der Waals surface area contributed by atoms with Gasteiger partial charge in [0.05, 0.1) is 5.92 Å². The van der Waals surface area contributed by atoms with Gasteiger partial charge in [0.25, 0.3) is 0 Å². The van der Waals surface area contributed by atoms with Crippen LogP contribution in [0.3, 0.4) is 0 Å². The van der Waals surface area contributed by atoms with Gasteiger partial charge in [0, 0.05) is 31.1 Å². The second-order valence-electron chi connectivity index (χ2n) is 6.18. The molecule has 126 valence electrons. The van der Waals surface area contributed by atoms with Crippen LogP contribution >= 0.6 is 12.4 Å². The molecule has 0 aromatic heterocycles. The van der Waals surface area contributed by atoms with Gasteiger partial charge in [-0.1, -0.05) is 0 Å². The van der Waals surface area contributed by atoms with E-state index in [-0.39, 0.29) is 41.8 Å². The Labute approximate surface area is 141 Å². The van der Waals surface area contributed by atoms with Gasteiger partial charge in [-0.3, -0.25) is 9.59 Å². The highest BCUT2D eigenvalue weighted by molar-refractivity contribution is 5.98. The Balaban J connectivity index is 0.00000192. The maximum Gasteiger partial charge on any atom is 0.227 e. The Morgan fingerprint density at radius 1 is 1.13 bits per heavy atom. The van der Waals surface area contributed by atoms with Crippen LogP contribution in [0.2, 0.25) is 0 Å². The van der Waals surface area contributed by atoms with Crippen LogP contribution < -0.4 is 5.32 Å². The second kappa shape index (κ2) is 7.88. The highest BCUT2D eigenvalue weighted by Gasteiger charge is 2.33. The highest BCUT2D eigenvalue weighted by atomic mass is 35.5. The lowest BCUT2D eigenvalue weighted by molar-refractivity contribution is -0.136. The van der Waals surface area contributed by atoms with Gasteiger partial charge >= 0.3 is 0 Å². The number of carbonyl (C=O) groups excluding carboxylic acids is 2. The standard InChI is InChI=1S/C17H21FN2O2.ClH/c18-15-5-3-12(4-6-15)16(21)14-2-1-9-20(11-14)17(22)13-7-8-19-10-13;/h3-6,13-14,19H,1-2,7-11H2;1H. The van der Waals surface area contributed by atoms with Crippen LogP contribution in [-0.2, 0) is 4.79 Å². The van der Waals surface area contributed by atoms with Gasteiger partial charge in [-0.25, -0.2) is 4.39 Å². The van der Waals surface area contributed by atoms with Gasteiger partial charge in [0.1, 0.15) is 5.82 Å². The van der Waals surface area contributed by atoms with Crippen LogP contribution in [0.5, 0.6) is 0 Å². The van der Waals surface area contributed by atoms with Crippen LogP contribution in [0.25, 0.3) is 0 Å². The quantitative estimate of drug-likeness (QED) is 0.859. The maximum atomic E-state index is 13.0. The molecule has 0 bridgehead atoms. The van der Waals surface area contributed by atoms with E-state index in [4.69, 9.17) is 0 Å². The average molecular weight is 341 g/mol. The Kier molecular flexibility index (Phi) is 6.13. The lowest BCUT2D eigenvalue weighted by atomic mass is 9.89. The van der Waals surface area contributed by atoms with E-state index in [2.05, 4.69) is 5.32 Å². The third-order valence-corrected chi connectivity index (χ3v) is 4.64. The first kappa shape index (κ1) is 17.9. The number of carbonyl (C=O) groups is 2. The summed E-state index contributed by atoms with van der Waals surface area (Å²) in [4.78, 5) is 26.8. The van der Waals surface area contributed by atoms with Crippen molar-refractivity contribution < 1.29 is 14.0 Å². The highest BCUT2D eigenvalue weighted by Crippen LogP contribution is 2.23. The van der Waals surface area contributed by atoms with Crippen molar-refractivity contribution in [2.45, 2.75) is 19.3 Å². The predicted molar refractivity (Wildman–Crippen MR) is 88.3 cm³/mol. The Hall–Kier alpha value is -1.46. The third-order valence-electron chi connectivity index (χ3n) is 4.64. The monoisotopic (exact) mass is 340 g/mol. The fourth-order valence-corrected chi connectivity index (χ4v) is 3.36. The summed E-state index contributed by atoms with van der Waals surface area (Å²) in [6.45, 7) is 2.86. The number of Topliss-reactive ketones (excluding diaryl/α,β-unsaturated/α-hetero) is 1. The molecule has 6 heteroatoms. The summed E-state index contributed by atoms with van der Waals surface area (Å²) in [6.07, 6.45) is 2.53. The van der Waals surface area contributed by atoms with Crippen molar-refractivity contribution in [3.63, 3.8) is 0 Å². The molecule has 0 saturated carbocycles. The van der Waals surface area contributed by atoms with Gasteiger partial charge in [-0.2, -0.15) is 0 Å². The topological polar surface area (TPSA) is 49.4 Å². The first-order chi connectivity index (χ1) is 10.6. The van der Waals surface area contributed by atoms with Gasteiger partial charge in [0.15, 0.2) is 5.78 Å². The summed E-state index contributed by atoms with van der Waals surface area (Å²) in [5.74, 6) is -0.272. The van der Waals surface area contributed by atoms with Gasteiger partial charge in [0.2, 0.25) is 5.91 Å². The number of benzene rings is 1. The van der Waals surface area contributed by atoms with E-state index < -0.39 is 0 Å². The van der Waals surface area contributed by atoms with E-state index in [0.717, 1.165) is 38.9 Å². The van der Waals surface area contributed by atoms with Gasteiger partial charge in [-0.05, 0) is 50.1 Å². The first-order valence-corrected chi connectivity index (χ1v) is 7.94. The van der Waals surface area contributed by atoms with Crippen molar-refractivity contribution in [1.82, 2.24) is 10.2 Å². The first-order valence-electron chi connectivity index (χ1n) is 7.94. The molecule has 2 heterocycles. The largest absolute Gasteiger partial charge is 0.342 e. The number of rotatable bonds is 3. The zero-order valence-electron chi connectivity index (χ0n) is 13.0. The van der Waals surface area contributed by atoms with Crippen molar-refractivity contribution in [2.24, 2.45) is 11.8 Å². The number of hydrogen-bond donors (Lipinski definition) is 1. The van der Waals surface area contributed by atoms with E-state index in [9.17, 15) is 14.0 Å². The molecule has 0 radical (unpaired) electrons. The lowest BCUT2D eigenvalue weighted by Gasteiger charge is -2.33. The molecule has 0 aliphatic carbocycles. The van der Waals surface area contributed by atoms with E-state index in [1.54, 1.807) is 0 Å². The molecule has 2 unspecified atom stereocenters. The number of halogens is 2. The fraction of sp³-hybridized carbons (Fsp3) is 0.529. The molecule has 2 saturated heterocycles. The second-order valence-corrected chi connectivity index (χ2v) is 6.18. The van der Waals surface area contributed by atoms with Crippen LogP contribution in [0.4, 0.5) is 4.39 Å². The van der Waals surface area contributed by atoms with Crippen molar-refractivity contribution in [1.29, 1.82) is 0 Å².